The van der Waals surface area contributed by atoms with Crippen LogP contribution in [0.25, 0.3) is 0 Å². The molecule has 35 heavy (non-hydrogen) atoms. The molecule has 0 saturated heterocycles. The molecule has 0 radical (unpaired) electrons. The summed E-state index contributed by atoms with van der Waals surface area (Å²) < 4.78 is 41.4. The Bertz CT molecular complexity index is 1430. The van der Waals surface area contributed by atoms with Gasteiger partial charge in [0.25, 0.3) is 0 Å². The number of halogens is 1. The highest BCUT2D eigenvalue weighted by Crippen LogP contribution is 2.47. The Balaban J connectivity index is 1.73. The van der Waals surface area contributed by atoms with E-state index in [4.69, 9.17) is 9.47 Å². The van der Waals surface area contributed by atoms with Crippen molar-refractivity contribution in [3.63, 3.8) is 0 Å². The highest BCUT2D eigenvalue weighted by Gasteiger charge is 2.44. The molecular weight excluding hydrogens is 534 g/mol. The first-order chi connectivity index (χ1) is 16.8. The summed E-state index contributed by atoms with van der Waals surface area (Å²) in [5.74, 6) is -0.0479. The minimum Gasteiger partial charge on any atom is -0.478 e. The van der Waals surface area contributed by atoms with Gasteiger partial charge in [0.05, 0.1) is 22.6 Å². The molecular formula is C26H22BrNO6S. The molecule has 1 N–H and O–H groups in total. The topological polar surface area (TPSA) is 93.1 Å². The van der Waals surface area contributed by atoms with Crippen molar-refractivity contribution >= 4 is 31.9 Å². The minimum absolute atomic E-state index is 0.00998. The number of carboxylic acid groups (broad SMARTS) is 1. The van der Waals surface area contributed by atoms with Crippen LogP contribution < -0.4 is 9.47 Å². The standard InChI is InChI=1S/C26H22BrNO6S/c1-16-5-8-20(9-6-16)35(31,32)28-22(17-7-12-23-24(14-17)34-15-33-23)11-10-21(26(29)30)25(28)18-3-2-4-19(27)13-18/h2-10,12-14,22,25H,11,15H2,1H3,(H,29,30)/t22-,25-/m0/s1. The molecule has 0 saturated carbocycles. The highest BCUT2D eigenvalue weighted by molar-refractivity contribution is 9.10. The van der Waals surface area contributed by atoms with E-state index >= 15 is 0 Å². The summed E-state index contributed by atoms with van der Waals surface area (Å²) in [5.41, 5.74) is 2.17. The molecule has 2 heterocycles. The lowest BCUT2D eigenvalue weighted by Gasteiger charge is -2.40. The predicted octanol–water partition coefficient (Wildman–Crippen LogP) is 5.37. The Hall–Kier alpha value is -3.14. The third-order valence-electron chi connectivity index (χ3n) is 6.21. The Morgan fingerprint density at radius 2 is 1.74 bits per heavy atom. The molecule has 3 aromatic rings. The van der Waals surface area contributed by atoms with Crippen LogP contribution in [0.4, 0.5) is 0 Å². The van der Waals surface area contributed by atoms with E-state index < -0.39 is 28.1 Å². The smallest absolute Gasteiger partial charge is 0.333 e. The van der Waals surface area contributed by atoms with Crippen LogP contribution in [0.1, 0.15) is 35.2 Å². The zero-order valence-corrected chi connectivity index (χ0v) is 21.1. The SMILES string of the molecule is Cc1ccc(S(=O)(=O)N2[C@@H](c3cccc(Br)c3)C(C(=O)O)=CC[C@H]2c2ccc3c(c2)OCO3)cc1. The number of ether oxygens (including phenoxy) is 2. The van der Waals surface area contributed by atoms with E-state index in [2.05, 4.69) is 15.9 Å². The number of nitrogens with zero attached hydrogens (tertiary/aromatic N) is 1. The fourth-order valence-electron chi connectivity index (χ4n) is 4.52. The van der Waals surface area contributed by atoms with Crippen LogP contribution in [-0.4, -0.2) is 30.6 Å². The lowest BCUT2D eigenvalue weighted by atomic mass is 9.89. The van der Waals surface area contributed by atoms with Gasteiger partial charge in [0.1, 0.15) is 0 Å². The van der Waals surface area contributed by atoms with E-state index in [-0.39, 0.29) is 23.7 Å². The number of rotatable bonds is 5. The molecule has 180 valence electrons. The molecule has 0 spiro atoms. The van der Waals surface area contributed by atoms with Crippen LogP contribution in [0.15, 0.2) is 87.7 Å². The minimum atomic E-state index is -4.12. The van der Waals surface area contributed by atoms with Gasteiger partial charge in [-0.15, -0.1) is 0 Å². The lowest BCUT2D eigenvalue weighted by molar-refractivity contribution is -0.133. The Labute approximate surface area is 211 Å². The Kier molecular flexibility index (Phi) is 6.16. The molecule has 5 rings (SSSR count). The zero-order chi connectivity index (χ0) is 24.7. The number of benzene rings is 3. The first kappa shape index (κ1) is 23.6. The lowest BCUT2D eigenvalue weighted by Crippen LogP contribution is -2.42. The number of hydrogen-bond acceptors (Lipinski definition) is 5. The molecule has 7 nitrogen and oxygen atoms in total. The van der Waals surface area contributed by atoms with Gasteiger partial charge in [-0.05, 0) is 60.9 Å². The third kappa shape index (κ3) is 4.35. The summed E-state index contributed by atoms with van der Waals surface area (Å²) in [6.07, 6.45) is 1.81. The Morgan fingerprint density at radius 3 is 2.46 bits per heavy atom. The molecule has 0 unspecified atom stereocenters. The molecule has 0 aromatic heterocycles. The summed E-state index contributed by atoms with van der Waals surface area (Å²) in [5, 5.41) is 10.1. The zero-order valence-electron chi connectivity index (χ0n) is 18.7. The second-order valence-corrected chi connectivity index (χ2v) is 11.2. The van der Waals surface area contributed by atoms with E-state index in [1.165, 1.54) is 4.31 Å². The number of hydrogen-bond donors (Lipinski definition) is 1. The molecule has 0 bridgehead atoms. The first-order valence-corrected chi connectivity index (χ1v) is 13.2. The van der Waals surface area contributed by atoms with E-state index in [0.29, 0.717) is 22.6 Å². The maximum Gasteiger partial charge on any atom is 0.333 e. The predicted molar refractivity (Wildman–Crippen MR) is 133 cm³/mol. The van der Waals surface area contributed by atoms with Crippen LogP contribution in [-0.2, 0) is 14.8 Å². The number of carbonyl (C=O) groups is 1. The van der Waals surface area contributed by atoms with Gasteiger partial charge in [-0.3, -0.25) is 0 Å². The second kappa shape index (κ2) is 9.14. The van der Waals surface area contributed by atoms with Gasteiger partial charge in [0.15, 0.2) is 11.5 Å². The number of sulfonamides is 1. The normalized spacial score (nSPS) is 19.9. The van der Waals surface area contributed by atoms with Crippen molar-refractivity contribution in [3.8, 4) is 11.5 Å². The number of aryl methyl sites for hydroxylation is 1. The molecule has 9 heteroatoms. The van der Waals surface area contributed by atoms with Gasteiger partial charge in [-0.2, -0.15) is 4.31 Å². The van der Waals surface area contributed by atoms with Crippen molar-refractivity contribution < 1.29 is 27.8 Å². The second-order valence-electron chi connectivity index (χ2n) is 8.43. The average Bonchev–Trinajstić information content (AvgIpc) is 3.31. The van der Waals surface area contributed by atoms with Crippen molar-refractivity contribution in [2.24, 2.45) is 0 Å². The molecule has 0 amide bonds. The van der Waals surface area contributed by atoms with Crippen LogP contribution in [0.5, 0.6) is 11.5 Å². The van der Waals surface area contributed by atoms with E-state index in [9.17, 15) is 18.3 Å². The fourth-order valence-corrected chi connectivity index (χ4v) is 6.72. The van der Waals surface area contributed by atoms with Crippen LogP contribution in [0.2, 0.25) is 0 Å². The van der Waals surface area contributed by atoms with Gasteiger partial charge in [-0.25, -0.2) is 13.2 Å². The summed E-state index contributed by atoms with van der Waals surface area (Å²) in [7, 11) is -4.12. The summed E-state index contributed by atoms with van der Waals surface area (Å²) >= 11 is 3.44. The molecule has 2 aliphatic rings. The van der Waals surface area contributed by atoms with Gasteiger partial charge in [-0.1, -0.05) is 57.9 Å². The van der Waals surface area contributed by atoms with Crippen molar-refractivity contribution in [1.29, 1.82) is 0 Å². The van der Waals surface area contributed by atoms with Crippen LogP contribution in [0.3, 0.4) is 0 Å². The van der Waals surface area contributed by atoms with Crippen molar-refractivity contribution in [1.82, 2.24) is 4.31 Å². The average molecular weight is 556 g/mol. The quantitative estimate of drug-likeness (QED) is 0.454. The number of carboxylic acids is 1. The summed E-state index contributed by atoms with van der Waals surface area (Å²) in [6, 6.07) is 17.2. The third-order valence-corrected chi connectivity index (χ3v) is 8.59. The van der Waals surface area contributed by atoms with Crippen molar-refractivity contribution in [3.05, 3.63) is 99.5 Å². The van der Waals surface area contributed by atoms with Crippen molar-refractivity contribution in [2.75, 3.05) is 6.79 Å². The van der Waals surface area contributed by atoms with Gasteiger partial charge >= 0.3 is 5.97 Å². The van der Waals surface area contributed by atoms with Crippen LogP contribution >= 0.6 is 15.9 Å². The monoisotopic (exact) mass is 555 g/mol. The molecule has 2 atom stereocenters. The molecule has 0 fully saturated rings. The van der Waals surface area contributed by atoms with E-state index in [1.54, 1.807) is 66.7 Å². The number of fused-ring (bicyclic) bond motifs is 1. The van der Waals surface area contributed by atoms with E-state index in [0.717, 1.165) is 10.0 Å². The summed E-state index contributed by atoms with van der Waals surface area (Å²) in [4.78, 5) is 12.4. The maximum atomic E-state index is 14.2. The van der Waals surface area contributed by atoms with Gasteiger partial charge in [0, 0.05) is 4.47 Å². The first-order valence-electron chi connectivity index (χ1n) is 10.9. The van der Waals surface area contributed by atoms with Gasteiger partial charge in [0.2, 0.25) is 16.8 Å². The highest BCUT2D eigenvalue weighted by atomic mass is 79.9. The molecule has 0 aliphatic carbocycles. The fraction of sp³-hybridized carbons (Fsp3) is 0.192. The van der Waals surface area contributed by atoms with E-state index in [1.807, 2.05) is 13.0 Å². The Morgan fingerprint density at radius 1 is 1.00 bits per heavy atom. The number of aliphatic carboxylic acids is 1. The largest absolute Gasteiger partial charge is 0.478 e. The maximum absolute atomic E-state index is 14.2. The summed E-state index contributed by atoms with van der Waals surface area (Å²) in [6.45, 7) is 1.97. The molecule has 2 aliphatic heterocycles. The van der Waals surface area contributed by atoms with Gasteiger partial charge < -0.3 is 14.6 Å². The van der Waals surface area contributed by atoms with Crippen LogP contribution in [0, 0.1) is 6.92 Å². The molecule has 3 aromatic carbocycles. The van der Waals surface area contributed by atoms with Crippen molar-refractivity contribution in [2.45, 2.75) is 30.3 Å².